The zero-order valence-electron chi connectivity index (χ0n) is 5.32. The second kappa shape index (κ2) is 4.49. The topological polar surface area (TPSA) is 50.2 Å². The molecule has 0 bridgehead atoms. The van der Waals surface area contributed by atoms with Gasteiger partial charge in [-0.3, -0.25) is 9.78 Å². The maximum absolute atomic E-state index is 10.1. The largest absolute Gasteiger partial charge is 0.481 e. The van der Waals surface area contributed by atoms with Gasteiger partial charge in [-0.05, 0) is 11.6 Å². The fourth-order valence-corrected chi connectivity index (χ4v) is 0.677. The maximum Gasteiger partial charge on any atom is 0.307 e. The Labute approximate surface area is 66.7 Å². The molecule has 0 spiro atoms. The Morgan fingerprint density at radius 2 is 2.36 bits per heavy atom. The highest BCUT2D eigenvalue weighted by molar-refractivity contribution is 5.75. The lowest BCUT2D eigenvalue weighted by atomic mass is 10.2. The van der Waals surface area contributed by atoms with Crippen LogP contribution in [0.2, 0.25) is 0 Å². The van der Waals surface area contributed by atoms with Gasteiger partial charge in [0.15, 0.2) is 0 Å². The molecule has 3 nitrogen and oxygen atoms in total. The number of hydrogen-bond acceptors (Lipinski definition) is 2. The Bertz CT molecular complexity index is 225. The third kappa shape index (κ3) is 3.40. The van der Waals surface area contributed by atoms with Gasteiger partial charge in [-0.1, -0.05) is 6.07 Å². The molecule has 0 saturated carbocycles. The molecule has 0 amide bonds. The monoisotopic (exact) mass is 151 g/mol. The second-order valence-corrected chi connectivity index (χ2v) is 1.93. The van der Waals surface area contributed by atoms with E-state index in [1.807, 2.05) is 0 Å². The third-order valence-corrected chi connectivity index (χ3v) is 1.08. The highest BCUT2D eigenvalue weighted by Gasteiger charge is 1.97. The molecule has 0 radical (unpaired) electrons. The molecule has 1 heterocycles. The summed E-state index contributed by atoms with van der Waals surface area (Å²) in [7, 11) is 0. The molecule has 1 rings (SSSR count). The summed E-state index contributed by atoms with van der Waals surface area (Å²) in [6.45, 7) is 0. The first-order chi connectivity index (χ1) is 4.79. The van der Waals surface area contributed by atoms with E-state index in [1.54, 1.807) is 24.5 Å². The third-order valence-electron chi connectivity index (χ3n) is 1.08. The van der Waals surface area contributed by atoms with Gasteiger partial charge in [0, 0.05) is 12.4 Å². The summed E-state index contributed by atoms with van der Waals surface area (Å²) in [6.07, 6.45) is 3.22. The Hall–Kier alpha value is -1.32. The zero-order chi connectivity index (χ0) is 7.40. The summed E-state index contributed by atoms with van der Waals surface area (Å²) >= 11 is 0. The summed E-state index contributed by atoms with van der Waals surface area (Å²) < 4.78 is 0. The van der Waals surface area contributed by atoms with Crippen LogP contribution in [0, 0.1) is 0 Å². The van der Waals surface area contributed by atoms with Crippen molar-refractivity contribution in [2.75, 3.05) is 0 Å². The van der Waals surface area contributed by atoms with Gasteiger partial charge in [0.25, 0.3) is 0 Å². The fraction of sp³-hybridized carbons (Fsp3) is 0.143. The van der Waals surface area contributed by atoms with Gasteiger partial charge >= 0.3 is 5.97 Å². The van der Waals surface area contributed by atoms with Gasteiger partial charge in [-0.2, -0.15) is 0 Å². The van der Waals surface area contributed by atoms with E-state index in [1.165, 1.54) is 0 Å². The van der Waals surface area contributed by atoms with Crippen molar-refractivity contribution < 1.29 is 9.90 Å². The molecule has 0 fully saturated rings. The molecular formula is C7H10BNO2. The molecule has 0 aliphatic carbocycles. The van der Waals surface area contributed by atoms with Gasteiger partial charge in [-0.15, -0.1) is 0 Å². The van der Waals surface area contributed by atoms with E-state index in [9.17, 15) is 4.79 Å². The first-order valence-electron chi connectivity index (χ1n) is 2.90. The van der Waals surface area contributed by atoms with E-state index in [0.717, 1.165) is 5.56 Å². The molecule has 1 aromatic rings. The standard InChI is InChI=1S/C7H7NO2.BH3/c9-7(10)4-6-2-1-3-8-5-6;/h1-3,5H,4H2,(H,9,10);1H3. The summed E-state index contributed by atoms with van der Waals surface area (Å²) in [5.41, 5.74) is 0.731. The van der Waals surface area contributed by atoms with Gasteiger partial charge in [0.1, 0.15) is 0 Å². The SMILES string of the molecule is B.O=C(O)Cc1cccnc1. The highest BCUT2D eigenvalue weighted by Crippen LogP contribution is 1.95. The van der Waals surface area contributed by atoms with Crippen LogP contribution in [-0.4, -0.2) is 24.5 Å². The predicted molar refractivity (Wildman–Crippen MR) is 45.5 cm³/mol. The minimum absolute atomic E-state index is 0. The van der Waals surface area contributed by atoms with E-state index in [2.05, 4.69) is 4.98 Å². The molecule has 0 aliphatic rings. The van der Waals surface area contributed by atoms with E-state index >= 15 is 0 Å². The lowest BCUT2D eigenvalue weighted by Crippen LogP contribution is -1.99. The lowest BCUT2D eigenvalue weighted by molar-refractivity contribution is -0.136. The Kier molecular flexibility index (Phi) is 3.96. The molecule has 0 aromatic carbocycles. The zero-order valence-corrected chi connectivity index (χ0v) is 5.32. The number of pyridine rings is 1. The van der Waals surface area contributed by atoms with Crippen molar-refractivity contribution >= 4 is 14.4 Å². The van der Waals surface area contributed by atoms with Crippen molar-refractivity contribution in [3.8, 4) is 0 Å². The van der Waals surface area contributed by atoms with Crippen LogP contribution < -0.4 is 0 Å². The Balaban J connectivity index is 0.000001000. The normalized spacial score (nSPS) is 8.36. The lowest BCUT2D eigenvalue weighted by Gasteiger charge is -1.91. The van der Waals surface area contributed by atoms with Crippen LogP contribution in [0.5, 0.6) is 0 Å². The van der Waals surface area contributed by atoms with Crippen molar-refractivity contribution in [1.29, 1.82) is 0 Å². The molecule has 0 aliphatic heterocycles. The molecule has 11 heavy (non-hydrogen) atoms. The Morgan fingerprint density at radius 1 is 1.64 bits per heavy atom. The van der Waals surface area contributed by atoms with Crippen LogP contribution in [0.4, 0.5) is 0 Å². The van der Waals surface area contributed by atoms with Crippen LogP contribution in [0.15, 0.2) is 24.5 Å². The quantitative estimate of drug-likeness (QED) is 0.581. The molecule has 58 valence electrons. The number of carboxylic acid groups (broad SMARTS) is 1. The van der Waals surface area contributed by atoms with Crippen LogP contribution in [-0.2, 0) is 11.2 Å². The average molecular weight is 151 g/mol. The first kappa shape index (κ1) is 9.68. The van der Waals surface area contributed by atoms with Gasteiger partial charge in [-0.25, -0.2) is 0 Å². The molecule has 1 aromatic heterocycles. The van der Waals surface area contributed by atoms with E-state index in [4.69, 9.17) is 5.11 Å². The smallest absolute Gasteiger partial charge is 0.307 e. The van der Waals surface area contributed by atoms with Gasteiger partial charge < -0.3 is 5.11 Å². The number of nitrogens with zero attached hydrogens (tertiary/aromatic N) is 1. The Morgan fingerprint density at radius 3 is 2.82 bits per heavy atom. The van der Waals surface area contributed by atoms with Crippen LogP contribution in [0.1, 0.15) is 5.56 Å². The maximum atomic E-state index is 10.1. The number of carbonyl (C=O) groups is 1. The number of aliphatic carboxylic acids is 1. The predicted octanol–water partition coefficient (Wildman–Crippen LogP) is -0.475. The molecule has 0 saturated heterocycles. The molecule has 4 heteroatoms. The summed E-state index contributed by atoms with van der Waals surface area (Å²) in [6, 6.07) is 3.46. The van der Waals surface area contributed by atoms with E-state index in [0.29, 0.717) is 0 Å². The van der Waals surface area contributed by atoms with Gasteiger partial charge in [0.2, 0.25) is 0 Å². The molecular weight excluding hydrogens is 141 g/mol. The van der Waals surface area contributed by atoms with Crippen molar-refractivity contribution in [3.63, 3.8) is 0 Å². The van der Waals surface area contributed by atoms with E-state index < -0.39 is 5.97 Å². The molecule has 1 N–H and O–H groups in total. The summed E-state index contributed by atoms with van der Waals surface area (Å²) in [5, 5.41) is 8.34. The number of rotatable bonds is 2. The highest BCUT2D eigenvalue weighted by atomic mass is 16.4. The van der Waals surface area contributed by atoms with Crippen molar-refractivity contribution in [1.82, 2.24) is 4.98 Å². The number of hydrogen-bond donors (Lipinski definition) is 1. The van der Waals surface area contributed by atoms with Crippen LogP contribution >= 0.6 is 0 Å². The van der Waals surface area contributed by atoms with E-state index in [-0.39, 0.29) is 14.8 Å². The summed E-state index contributed by atoms with van der Waals surface area (Å²) in [5.74, 6) is -0.826. The summed E-state index contributed by atoms with van der Waals surface area (Å²) in [4.78, 5) is 13.9. The van der Waals surface area contributed by atoms with Crippen LogP contribution in [0.3, 0.4) is 0 Å². The average Bonchev–Trinajstić information content (AvgIpc) is 1.88. The van der Waals surface area contributed by atoms with Crippen molar-refractivity contribution in [2.45, 2.75) is 6.42 Å². The minimum Gasteiger partial charge on any atom is -0.481 e. The first-order valence-corrected chi connectivity index (χ1v) is 2.90. The van der Waals surface area contributed by atoms with Gasteiger partial charge in [0.05, 0.1) is 14.8 Å². The van der Waals surface area contributed by atoms with Crippen molar-refractivity contribution in [2.24, 2.45) is 0 Å². The second-order valence-electron chi connectivity index (χ2n) is 1.93. The van der Waals surface area contributed by atoms with Crippen molar-refractivity contribution in [3.05, 3.63) is 30.1 Å². The fourth-order valence-electron chi connectivity index (χ4n) is 0.677. The molecule has 0 unspecified atom stereocenters. The number of carboxylic acids is 1. The number of aromatic nitrogens is 1. The minimum atomic E-state index is -0.826. The molecule has 0 atom stereocenters. The van der Waals surface area contributed by atoms with Crippen LogP contribution in [0.25, 0.3) is 0 Å².